The monoisotopic (exact) mass is 434 g/mol. The van der Waals surface area contributed by atoms with E-state index in [1.54, 1.807) is 11.0 Å². The Kier molecular flexibility index (Phi) is 4.99. The third-order valence-corrected chi connectivity index (χ3v) is 6.90. The first-order chi connectivity index (χ1) is 15.3. The van der Waals surface area contributed by atoms with Gasteiger partial charge in [-0.05, 0) is 55.0 Å². The van der Waals surface area contributed by atoms with Gasteiger partial charge in [0.1, 0.15) is 5.82 Å². The lowest BCUT2D eigenvalue weighted by molar-refractivity contribution is -0.130. The van der Waals surface area contributed by atoms with E-state index < -0.39 is 11.4 Å². The number of hydrogen-bond donors (Lipinski definition) is 1. The molecule has 32 heavy (non-hydrogen) atoms. The summed E-state index contributed by atoms with van der Waals surface area (Å²) >= 11 is 0. The van der Waals surface area contributed by atoms with Gasteiger partial charge >= 0.3 is 0 Å². The van der Waals surface area contributed by atoms with Gasteiger partial charge in [-0.3, -0.25) is 14.5 Å². The van der Waals surface area contributed by atoms with Gasteiger partial charge in [-0.15, -0.1) is 0 Å². The highest BCUT2D eigenvalue weighted by Crippen LogP contribution is 2.45. The van der Waals surface area contributed by atoms with Crippen LogP contribution in [0.3, 0.4) is 0 Å². The molecule has 2 fully saturated rings. The summed E-state index contributed by atoms with van der Waals surface area (Å²) in [5.41, 5.74) is 7.91. The zero-order valence-corrected chi connectivity index (χ0v) is 18.1. The first kappa shape index (κ1) is 20.7. The molecule has 1 saturated heterocycles. The Morgan fingerprint density at radius 1 is 1.12 bits per heavy atom. The van der Waals surface area contributed by atoms with Crippen molar-refractivity contribution in [3.05, 3.63) is 65.5 Å². The number of rotatable bonds is 5. The molecule has 6 nitrogen and oxygen atoms in total. The van der Waals surface area contributed by atoms with E-state index in [1.165, 1.54) is 17.0 Å². The fraction of sp³-hybridized carbons (Fsp3) is 0.400. The minimum atomic E-state index is -0.448. The molecule has 1 aliphatic carbocycles. The van der Waals surface area contributed by atoms with E-state index in [0.717, 1.165) is 18.4 Å². The molecule has 2 heterocycles. The average molecular weight is 435 g/mol. The lowest BCUT2D eigenvalue weighted by Crippen LogP contribution is -2.50. The molecule has 0 aromatic heterocycles. The molecule has 2 aromatic carbocycles. The smallest absolute Gasteiger partial charge is 0.232 e. The minimum absolute atomic E-state index is 0.0364. The zero-order chi connectivity index (χ0) is 22.5. The molecule has 2 N–H and O–H groups in total. The van der Waals surface area contributed by atoms with Gasteiger partial charge in [-0.25, -0.2) is 9.38 Å². The SMILES string of the molecule is C[C@@]1(C2CC2)CC(=O)N(Cc2cc(F)cc(N3C[C@@H](c4ccccc4)CC3=O)c2)C(N)=N1. The quantitative estimate of drug-likeness (QED) is 0.782. The number of carbonyl (C=O) groups is 2. The van der Waals surface area contributed by atoms with Gasteiger partial charge in [-0.2, -0.15) is 0 Å². The highest BCUT2D eigenvalue weighted by atomic mass is 19.1. The Balaban J connectivity index is 1.37. The molecule has 0 radical (unpaired) electrons. The molecule has 0 unspecified atom stereocenters. The van der Waals surface area contributed by atoms with Crippen LogP contribution in [0, 0.1) is 11.7 Å². The Labute approximate surface area is 186 Å². The van der Waals surface area contributed by atoms with Gasteiger partial charge in [0, 0.05) is 24.6 Å². The van der Waals surface area contributed by atoms with Gasteiger partial charge in [0.25, 0.3) is 0 Å². The van der Waals surface area contributed by atoms with Crippen molar-refractivity contribution in [1.82, 2.24) is 4.90 Å². The largest absolute Gasteiger partial charge is 0.369 e. The number of nitrogens with zero attached hydrogens (tertiary/aromatic N) is 3. The fourth-order valence-corrected chi connectivity index (χ4v) is 4.97. The van der Waals surface area contributed by atoms with Crippen LogP contribution in [0.15, 0.2) is 53.5 Å². The maximum Gasteiger partial charge on any atom is 0.232 e. The third-order valence-electron chi connectivity index (χ3n) is 6.90. The molecule has 0 bridgehead atoms. The van der Waals surface area contributed by atoms with Crippen molar-refractivity contribution in [1.29, 1.82) is 0 Å². The van der Waals surface area contributed by atoms with Crippen molar-refractivity contribution in [2.75, 3.05) is 11.4 Å². The number of halogens is 1. The molecule has 2 amide bonds. The van der Waals surface area contributed by atoms with Gasteiger partial charge < -0.3 is 10.6 Å². The van der Waals surface area contributed by atoms with Crippen LogP contribution in [-0.4, -0.2) is 34.8 Å². The molecule has 2 aliphatic heterocycles. The van der Waals surface area contributed by atoms with Gasteiger partial charge in [0.05, 0.1) is 18.5 Å². The summed E-state index contributed by atoms with van der Waals surface area (Å²) < 4.78 is 14.5. The maximum atomic E-state index is 14.5. The van der Waals surface area contributed by atoms with Gasteiger partial charge in [0.15, 0.2) is 5.96 Å². The van der Waals surface area contributed by atoms with Crippen molar-refractivity contribution in [2.45, 2.75) is 50.6 Å². The summed E-state index contributed by atoms with van der Waals surface area (Å²) in [6, 6.07) is 14.4. The standard InChI is InChI=1S/C25H27FN4O2/c1-25(19-7-8-19)13-23(32)30(24(27)28-25)14-16-9-20(26)12-21(10-16)29-15-18(11-22(29)31)17-5-3-2-4-6-17/h2-6,9-10,12,18-19H,7-8,11,13-15H2,1H3,(H2,27,28)/t18-,25-/m0/s1. The van der Waals surface area contributed by atoms with Crippen molar-refractivity contribution in [3.8, 4) is 0 Å². The first-order valence-electron chi connectivity index (χ1n) is 11.1. The molecular formula is C25H27FN4O2. The number of aliphatic imine (C=N–C) groups is 1. The van der Waals surface area contributed by atoms with Gasteiger partial charge in [-0.1, -0.05) is 30.3 Å². The van der Waals surface area contributed by atoms with E-state index in [9.17, 15) is 14.0 Å². The van der Waals surface area contributed by atoms with Crippen LogP contribution in [0.25, 0.3) is 0 Å². The lowest BCUT2D eigenvalue weighted by Gasteiger charge is -2.35. The summed E-state index contributed by atoms with van der Waals surface area (Å²) in [7, 11) is 0. The number of nitrogens with two attached hydrogens (primary N) is 1. The molecule has 0 spiro atoms. The molecular weight excluding hydrogens is 407 g/mol. The number of amides is 2. The second kappa shape index (κ2) is 7.73. The van der Waals surface area contributed by atoms with Crippen LogP contribution in [0.2, 0.25) is 0 Å². The summed E-state index contributed by atoms with van der Waals surface area (Å²) in [5, 5.41) is 0. The van der Waals surface area contributed by atoms with Crippen LogP contribution in [-0.2, 0) is 16.1 Å². The van der Waals surface area contributed by atoms with E-state index >= 15 is 0 Å². The molecule has 1 saturated carbocycles. The van der Waals surface area contributed by atoms with E-state index in [-0.39, 0.29) is 30.2 Å². The van der Waals surface area contributed by atoms with E-state index in [4.69, 9.17) is 5.73 Å². The predicted octanol–water partition coefficient (Wildman–Crippen LogP) is 3.56. The van der Waals surface area contributed by atoms with Crippen LogP contribution in [0.1, 0.15) is 49.7 Å². The summed E-state index contributed by atoms with van der Waals surface area (Å²) in [5.74, 6) is 0.0811. The Bertz CT molecular complexity index is 1100. The molecule has 7 heteroatoms. The highest BCUT2D eigenvalue weighted by Gasteiger charge is 2.46. The van der Waals surface area contributed by atoms with Crippen LogP contribution in [0.5, 0.6) is 0 Å². The second-order valence-electron chi connectivity index (χ2n) is 9.39. The number of guanidine groups is 1. The normalized spacial score (nSPS) is 25.9. The number of anilines is 1. The summed E-state index contributed by atoms with van der Waals surface area (Å²) in [6.07, 6.45) is 2.84. The Morgan fingerprint density at radius 3 is 2.56 bits per heavy atom. The summed E-state index contributed by atoms with van der Waals surface area (Å²) in [6.45, 7) is 2.61. The number of hydrogen-bond acceptors (Lipinski definition) is 4. The first-order valence-corrected chi connectivity index (χ1v) is 11.1. The van der Waals surface area contributed by atoms with Crippen molar-refractivity contribution in [3.63, 3.8) is 0 Å². The van der Waals surface area contributed by atoms with Gasteiger partial charge in [0.2, 0.25) is 11.8 Å². The van der Waals surface area contributed by atoms with Crippen molar-refractivity contribution >= 4 is 23.5 Å². The lowest BCUT2D eigenvalue weighted by atomic mass is 9.90. The van der Waals surface area contributed by atoms with Crippen molar-refractivity contribution < 1.29 is 14.0 Å². The summed E-state index contributed by atoms with van der Waals surface area (Å²) in [4.78, 5) is 33.2. The highest BCUT2D eigenvalue weighted by molar-refractivity contribution is 5.99. The zero-order valence-electron chi connectivity index (χ0n) is 18.1. The average Bonchev–Trinajstić information content (AvgIpc) is 3.54. The molecule has 166 valence electrons. The fourth-order valence-electron chi connectivity index (χ4n) is 4.97. The molecule has 2 aromatic rings. The van der Waals surface area contributed by atoms with E-state index in [0.29, 0.717) is 36.6 Å². The molecule has 5 rings (SSSR count). The Hall–Kier alpha value is -3.22. The Morgan fingerprint density at radius 2 is 1.88 bits per heavy atom. The molecule has 3 aliphatic rings. The van der Waals surface area contributed by atoms with Crippen LogP contribution in [0.4, 0.5) is 10.1 Å². The second-order valence-corrected chi connectivity index (χ2v) is 9.39. The predicted molar refractivity (Wildman–Crippen MR) is 120 cm³/mol. The minimum Gasteiger partial charge on any atom is -0.369 e. The molecule has 2 atom stereocenters. The topological polar surface area (TPSA) is 79.0 Å². The number of carbonyl (C=O) groups excluding carboxylic acids is 2. The van der Waals surface area contributed by atoms with Crippen LogP contribution >= 0.6 is 0 Å². The van der Waals surface area contributed by atoms with E-state index in [1.807, 2.05) is 37.3 Å². The van der Waals surface area contributed by atoms with Crippen LogP contribution < -0.4 is 10.6 Å². The maximum absolute atomic E-state index is 14.5. The van der Waals surface area contributed by atoms with Crippen molar-refractivity contribution in [2.24, 2.45) is 16.6 Å². The van der Waals surface area contributed by atoms with E-state index in [2.05, 4.69) is 4.99 Å². The third kappa shape index (κ3) is 3.87. The number of benzene rings is 2.